The van der Waals surface area contributed by atoms with Gasteiger partial charge in [-0.15, -0.1) is 0 Å². The van der Waals surface area contributed by atoms with Gasteiger partial charge in [0.1, 0.15) is 5.75 Å². The summed E-state index contributed by atoms with van der Waals surface area (Å²) in [7, 11) is -3.69. The smallest absolute Gasteiger partial charge is 0.264 e. The number of benzene rings is 3. The van der Waals surface area contributed by atoms with Gasteiger partial charge in [-0.25, -0.2) is 8.42 Å². The summed E-state index contributed by atoms with van der Waals surface area (Å²) in [6.07, 6.45) is 1.66. The van der Waals surface area contributed by atoms with Crippen molar-refractivity contribution in [1.82, 2.24) is 5.32 Å². The van der Waals surface area contributed by atoms with Gasteiger partial charge >= 0.3 is 0 Å². The van der Waals surface area contributed by atoms with Crippen molar-refractivity contribution in [2.24, 2.45) is 0 Å². The summed E-state index contributed by atoms with van der Waals surface area (Å²) in [4.78, 5) is 12.3. The van der Waals surface area contributed by atoms with Crippen LogP contribution in [-0.2, 0) is 27.8 Å². The predicted molar refractivity (Wildman–Crippen MR) is 124 cm³/mol. The molecule has 1 amide bonds. The predicted octanol–water partition coefficient (Wildman–Crippen LogP) is 3.83. The fourth-order valence-corrected chi connectivity index (χ4v) is 5.44. The molecular formula is C25H26N2O4S. The van der Waals surface area contributed by atoms with E-state index in [1.807, 2.05) is 54.6 Å². The molecule has 1 aliphatic heterocycles. The molecule has 0 bridgehead atoms. The number of amides is 1. The number of hydrogen-bond donors (Lipinski definition) is 1. The fourth-order valence-electron chi connectivity index (χ4n) is 3.81. The fraction of sp³-hybridized carbons (Fsp3) is 0.240. The van der Waals surface area contributed by atoms with Crippen molar-refractivity contribution >= 4 is 21.6 Å². The molecule has 0 saturated heterocycles. The molecule has 166 valence electrons. The summed E-state index contributed by atoms with van der Waals surface area (Å²) in [6, 6.07) is 22.0. The number of rotatable bonds is 7. The van der Waals surface area contributed by atoms with E-state index in [2.05, 4.69) is 5.32 Å². The maximum atomic E-state index is 13.3. The lowest BCUT2D eigenvalue weighted by Gasteiger charge is -2.30. The van der Waals surface area contributed by atoms with E-state index >= 15 is 0 Å². The molecule has 0 aromatic heterocycles. The number of nitrogens with one attached hydrogen (secondary N) is 1. The van der Waals surface area contributed by atoms with Gasteiger partial charge in [-0.1, -0.05) is 48.5 Å². The molecule has 6 nitrogen and oxygen atoms in total. The highest BCUT2D eigenvalue weighted by atomic mass is 32.2. The lowest BCUT2D eigenvalue weighted by molar-refractivity contribution is -0.123. The molecule has 7 heteroatoms. The van der Waals surface area contributed by atoms with Gasteiger partial charge in [0.25, 0.3) is 15.9 Å². The van der Waals surface area contributed by atoms with Gasteiger partial charge < -0.3 is 10.1 Å². The molecule has 0 atom stereocenters. The summed E-state index contributed by atoms with van der Waals surface area (Å²) in [5.74, 6) is 0.243. The number of para-hydroxylation sites is 1. The first-order valence-electron chi connectivity index (χ1n) is 10.6. The van der Waals surface area contributed by atoms with Gasteiger partial charge in [0, 0.05) is 13.1 Å². The molecule has 0 spiro atoms. The quantitative estimate of drug-likeness (QED) is 0.594. The van der Waals surface area contributed by atoms with Crippen LogP contribution in [0.5, 0.6) is 5.75 Å². The second-order valence-electron chi connectivity index (χ2n) is 7.79. The normalized spacial score (nSPS) is 13.3. The zero-order valence-electron chi connectivity index (χ0n) is 18.0. The lowest BCUT2D eigenvalue weighted by Crippen LogP contribution is -2.35. The number of carbonyl (C=O) groups is 1. The van der Waals surface area contributed by atoms with E-state index in [1.54, 1.807) is 19.1 Å². The van der Waals surface area contributed by atoms with Gasteiger partial charge in [-0.3, -0.25) is 9.10 Å². The molecule has 3 aromatic carbocycles. The first-order valence-corrected chi connectivity index (χ1v) is 12.0. The Bertz CT molecular complexity index is 1210. The SMILES string of the molecule is Cc1cc(S(=O)(=O)N2CCCc3ccccc32)ccc1OCC(=O)NCc1ccccc1. The first-order chi connectivity index (χ1) is 15.4. The van der Waals surface area contributed by atoms with Crippen LogP contribution in [0.2, 0.25) is 0 Å². The monoisotopic (exact) mass is 450 g/mol. The molecule has 3 aromatic rings. The minimum atomic E-state index is -3.69. The van der Waals surface area contributed by atoms with E-state index in [0.717, 1.165) is 29.7 Å². The average Bonchev–Trinajstić information content (AvgIpc) is 2.82. The van der Waals surface area contributed by atoms with Crippen molar-refractivity contribution < 1.29 is 17.9 Å². The van der Waals surface area contributed by atoms with Gasteiger partial charge in [-0.2, -0.15) is 0 Å². The molecule has 0 fully saturated rings. The minimum absolute atomic E-state index is 0.140. The van der Waals surface area contributed by atoms with Gasteiger partial charge in [-0.05, 0) is 60.7 Å². The highest BCUT2D eigenvalue weighted by molar-refractivity contribution is 7.92. The highest BCUT2D eigenvalue weighted by Gasteiger charge is 2.29. The van der Waals surface area contributed by atoms with Gasteiger partial charge in [0.2, 0.25) is 0 Å². The van der Waals surface area contributed by atoms with E-state index in [0.29, 0.717) is 24.4 Å². The molecule has 1 heterocycles. The van der Waals surface area contributed by atoms with Crippen molar-refractivity contribution in [1.29, 1.82) is 0 Å². The number of carbonyl (C=O) groups excluding carboxylic acids is 1. The second-order valence-corrected chi connectivity index (χ2v) is 9.65. The average molecular weight is 451 g/mol. The molecule has 1 N–H and O–H groups in total. The Balaban J connectivity index is 1.42. The number of anilines is 1. The molecule has 32 heavy (non-hydrogen) atoms. The lowest BCUT2D eigenvalue weighted by atomic mass is 10.0. The topological polar surface area (TPSA) is 75.7 Å². The number of nitrogens with zero attached hydrogens (tertiary/aromatic N) is 1. The molecule has 0 unspecified atom stereocenters. The Labute approximate surface area is 188 Å². The maximum absolute atomic E-state index is 13.3. The van der Waals surface area contributed by atoms with Crippen molar-refractivity contribution in [3.05, 3.63) is 89.5 Å². The molecule has 4 rings (SSSR count). The number of hydrogen-bond acceptors (Lipinski definition) is 4. The summed E-state index contributed by atoms with van der Waals surface area (Å²) in [6.45, 7) is 2.52. The zero-order chi connectivity index (χ0) is 22.6. The van der Waals surface area contributed by atoms with Gasteiger partial charge in [0.05, 0.1) is 10.6 Å². The summed E-state index contributed by atoms with van der Waals surface area (Å²) in [5.41, 5.74) is 3.45. The standard InChI is InChI=1S/C25H26N2O4S/c1-19-16-22(32(29,30)27-15-7-11-21-10-5-6-12-23(21)27)13-14-24(19)31-18-25(28)26-17-20-8-3-2-4-9-20/h2-6,8-10,12-14,16H,7,11,15,17-18H2,1H3,(H,26,28). The highest BCUT2D eigenvalue weighted by Crippen LogP contribution is 2.33. The van der Waals surface area contributed by atoms with E-state index < -0.39 is 10.0 Å². The Kier molecular flexibility index (Phi) is 6.46. The largest absolute Gasteiger partial charge is 0.484 e. The molecule has 0 radical (unpaired) electrons. The third kappa shape index (κ3) is 4.78. The van der Waals surface area contributed by atoms with E-state index in [-0.39, 0.29) is 17.4 Å². The van der Waals surface area contributed by atoms with Crippen LogP contribution in [0, 0.1) is 6.92 Å². The van der Waals surface area contributed by atoms with Gasteiger partial charge in [0.15, 0.2) is 6.61 Å². The minimum Gasteiger partial charge on any atom is -0.484 e. The third-order valence-corrected chi connectivity index (χ3v) is 7.30. The summed E-state index contributed by atoms with van der Waals surface area (Å²) >= 11 is 0. The van der Waals surface area contributed by atoms with E-state index in [4.69, 9.17) is 4.74 Å². The van der Waals surface area contributed by atoms with E-state index in [9.17, 15) is 13.2 Å². The van der Waals surface area contributed by atoms with Crippen LogP contribution >= 0.6 is 0 Å². The van der Waals surface area contributed by atoms with Crippen LogP contribution in [0.3, 0.4) is 0 Å². The molecular weight excluding hydrogens is 424 g/mol. The summed E-state index contributed by atoms with van der Waals surface area (Å²) < 4.78 is 33.8. The van der Waals surface area contributed by atoms with Crippen LogP contribution in [0.1, 0.15) is 23.1 Å². The molecule has 0 aliphatic carbocycles. The Morgan fingerprint density at radius 3 is 2.56 bits per heavy atom. The van der Waals surface area contributed by atoms with Crippen molar-refractivity contribution in [3.8, 4) is 5.75 Å². The number of aryl methyl sites for hydroxylation is 2. The van der Waals surface area contributed by atoms with E-state index in [1.165, 1.54) is 10.4 Å². The number of fused-ring (bicyclic) bond motifs is 1. The van der Waals surface area contributed by atoms with Crippen molar-refractivity contribution in [2.45, 2.75) is 31.2 Å². The Morgan fingerprint density at radius 1 is 1.03 bits per heavy atom. The Morgan fingerprint density at radius 2 is 1.78 bits per heavy atom. The van der Waals surface area contributed by atoms with Crippen LogP contribution in [0.25, 0.3) is 0 Å². The van der Waals surface area contributed by atoms with Crippen LogP contribution < -0.4 is 14.4 Å². The van der Waals surface area contributed by atoms with Crippen molar-refractivity contribution in [3.63, 3.8) is 0 Å². The third-order valence-electron chi connectivity index (χ3n) is 5.49. The number of ether oxygens (including phenoxy) is 1. The molecule has 0 saturated carbocycles. The zero-order valence-corrected chi connectivity index (χ0v) is 18.8. The van der Waals surface area contributed by atoms with Crippen molar-refractivity contribution in [2.75, 3.05) is 17.5 Å². The van der Waals surface area contributed by atoms with Crippen LogP contribution in [0.15, 0.2) is 77.7 Å². The number of sulfonamides is 1. The first kappa shape index (κ1) is 21.9. The van der Waals surface area contributed by atoms with Crippen LogP contribution in [0.4, 0.5) is 5.69 Å². The maximum Gasteiger partial charge on any atom is 0.264 e. The molecule has 1 aliphatic rings. The second kappa shape index (κ2) is 9.44. The summed E-state index contributed by atoms with van der Waals surface area (Å²) in [5, 5.41) is 2.81. The Hall–Kier alpha value is -3.32. The van der Waals surface area contributed by atoms with Crippen LogP contribution in [-0.4, -0.2) is 27.5 Å².